The maximum atomic E-state index is 14.5. The molecule has 1 unspecified atom stereocenters. The molecule has 1 saturated heterocycles. The molecule has 2 heterocycles. The van der Waals surface area contributed by atoms with Crippen molar-refractivity contribution in [3.8, 4) is 0 Å². The molecule has 7 nitrogen and oxygen atoms in total. The summed E-state index contributed by atoms with van der Waals surface area (Å²) in [6.45, 7) is 4.68. The number of morpholine rings is 1. The Morgan fingerprint density at radius 2 is 1.64 bits per heavy atom. The first kappa shape index (κ1) is 28.2. The molecule has 39 heavy (non-hydrogen) atoms. The highest BCUT2D eigenvalue weighted by atomic mass is 127. The van der Waals surface area contributed by atoms with E-state index in [2.05, 4.69) is 27.5 Å². The number of hydrogen-bond donors (Lipinski definition) is 1. The van der Waals surface area contributed by atoms with E-state index in [1.54, 1.807) is 40.1 Å². The van der Waals surface area contributed by atoms with E-state index in [4.69, 9.17) is 33.7 Å². The van der Waals surface area contributed by atoms with Crippen LogP contribution in [0.5, 0.6) is 0 Å². The Hall–Kier alpha value is -2.37. The van der Waals surface area contributed by atoms with Crippen molar-refractivity contribution in [2.45, 2.75) is 19.0 Å². The van der Waals surface area contributed by atoms with Crippen LogP contribution >= 0.6 is 45.8 Å². The first-order chi connectivity index (χ1) is 18.8. The molecule has 1 fully saturated rings. The number of ether oxygens (including phenoxy) is 1. The molecule has 3 aromatic rings. The van der Waals surface area contributed by atoms with Gasteiger partial charge >= 0.3 is 0 Å². The van der Waals surface area contributed by atoms with Crippen molar-refractivity contribution in [3.05, 3.63) is 91.0 Å². The third-order valence-electron chi connectivity index (χ3n) is 7.15. The highest BCUT2D eigenvalue weighted by molar-refractivity contribution is 14.1. The number of rotatable bonds is 7. The molecule has 1 atom stereocenters. The van der Waals surface area contributed by atoms with Gasteiger partial charge in [-0.15, -0.1) is 0 Å². The smallest absolute Gasteiger partial charge is 0.257 e. The van der Waals surface area contributed by atoms with Crippen molar-refractivity contribution in [2.75, 3.05) is 50.0 Å². The SMILES string of the molecule is Nc1cc(Cl)ccc1CN1C(=O)c2cc(I)ccc2N(CCCN2CCOCC2)C(=O)C1c1ccc(Cl)cc1. The molecule has 204 valence electrons. The summed E-state index contributed by atoms with van der Waals surface area (Å²) >= 11 is 14.5. The molecule has 2 aliphatic rings. The van der Waals surface area contributed by atoms with Gasteiger partial charge in [0.2, 0.25) is 0 Å². The largest absolute Gasteiger partial charge is 0.398 e. The molecule has 0 aliphatic carbocycles. The summed E-state index contributed by atoms with van der Waals surface area (Å²) in [4.78, 5) is 34.5. The van der Waals surface area contributed by atoms with Gasteiger partial charge in [0, 0.05) is 52.0 Å². The predicted molar refractivity (Wildman–Crippen MR) is 163 cm³/mol. The van der Waals surface area contributed by atoms with Crippen molar-refractivity contribution >= 4 is 69.0 Å². The standard InChI is InChI=1S/C29H29Cl2IN4O3/c30-21-5-2-19(3-6-21)27-29(38)35(11-1-10-34-12-14-39-15-13-34)26-9-8-23(32)17-24(26)28(37)36(27)18-20-4-7-22(31)16-25(20)33/h2-9,16-17,27H,1,10-15,18,33H2. The Morgan fingerprint density at radius 1 is 0.923 bits per heavy atom. The summed E-state index contributed by atoms with van der Waals surface area (Å²) in [5.74, 6) is -0.401. The molecular weight excluding hydrogens is 650 g/mol. The summed E-state index contributed by atoms with van der Waals surface area (Å²) in [5, 5.41) is 1.06. The van der Waals surface area contributed by atoms with E-state index < -0.39 is 6.04 Å². The van der Waals surface area contributed by atoms with Crippen LogP contribution < -0.4 is 10.6 Å². The minimum atomic E-state index is -0.863. The second-order valence-electron chi connectivity index (χ2n) is 9.69. The van der Waals surface area contributed by atoms with Crippen LogP contribution in [0.3, 0.4) is 0 Å². The van der Waals surface area contributed by atoms with Crippen molar-refractivity contribution in [2.24, 2.45) is 0 Å². The lowest BCUT2D eigenvalue weighted by molar-refractivity contribution is -0.123. The van der Waals surface area contributed by atoms with Gasteiger partial charge in [0.1, 0.15) is 6.04 Å². The normalized spacial score (nSPS) is 18.3. The number of anilines is 2. The fourth-order valence-electron chi connectivity index (χ4n) is 5.12. The van der Waals surface area contributed by atoms with Gasteiger partial charge in [-0.05, 0) is 82.6 Å². The number of carbonyl (C=O) groups is 2. The quantitative estimate of drug-likeness (QED) is 0.259. The number of benzene rings is 3. The molecule has 5 rings (SSSR count). The number of carbonyl (C=O) groups excluding carboxylic acids is 2. The number of hydrogen-bond acceptors (Lipinski definition) is 5. The molecule has 0 spiro atoms. The monoisotopic (exact) mass is 678 g/mol. The zero-order chi connectivity index (χ0) is 27.5. The molecule has 0 saturated carbocycles. The number of fused-ring (bicyclic) bond motifs is 1. The van der Waals surface area contributed by atoms with E-state index in [-0.39, 0.29) is 18.4 Å². The van der Waals surface area contributed by atoms with Gasteiger partial charge in [0.15, 0.2) is 0 Å². The summed E-state index contributed by atoms with van der Waals surface area (Å²) in [6.07, 6.45) is 0.767. The van der Waals surface area contributed by atoms with Crippen LogP contribution in [0.4, 0.5) is 11.4 Å². The summed E-state index contributed by atoms with van der Waals surface area (Å²) in [6, 6.07) is 17.1. The zero-order valence-corrected chi connectivity index (χ0v) is 25.0. The van der Waals surface area contributed by atoms with Gasteiger partial charge in [-0.25, -0.2) is 0 Å². The van der Waals surface area contributed by atoms with Crippen molar-refractivity contribution in [3.63, 3.8) is 0 Å². The maximum Gasteiger partial charge on any atom is 0.257 e. The number of halogens is 3. The molecule has 0 bridgehead atoms. The molecule has 3 aromatic carbocycles. The van der Waals surface area contributed by atoms with Crippen LogP contribution in [0, 0.1) is 3.57 Å². The molecule has 0 radical (unpaired) electrons. The average molecular weight is 679 g/mol. The first-order valence-electron chi connectivity index (χ1n) is 12.8. The van der Waals surface area contributed by atoms with Crippen molar-refractivity contribution in [1.82, 2.24) is 9.80 Å². The van der Waals surface area contributed by atoms with E-state index in [0.29, 0.717) is 44.7 Å². The number of amides is 2. The minimum Gasteiger partial charge on any atom is -0.398 e. The van der Waals surface area contributed by atoms with E-state index >= 15 is 0 Å². The van der Waals surface area contributed by atoms with Gasteiger partial charge in [-0.3, -0.25) is 14.5 Å². The van der Waals surface area contributed by atoms with Crippen LogP contribution in [-0.2, 0) is 16.1 Å². The molecular formula is C29H29Cl2IN4O3. The predicted octanol–water partition coefficient (Wildman–Crippen LogP) is 5.63. The Kier molecular flexibility index (Phi) is 8.98. The highest BCUT2D eigenvalue weighted by Crippen LogP contribution is 2.37. The zero-order valence-electron chi connectivity index (χ0n) is 21.3. The Labute approximate surface area is 251 Å². The molecule has 10 heteroatoms. The van der Waals surface area contributed by atoms with Crippen molar-refractivity contribution in [1.29, 1.82) is 0 Å². The van der Waals surface area contributed by atoms with E-state index in [1.807, 2.05) is 30.3 Å². The second kappa shape index (κ2) is 12.4. The Bertz CT molecular complexity index is 1370. The van der Waals surface area contributed by atoms with E-state index in [9.17, 15) is 9.59 Å². The van der Waals surface area contributed by atoms with Crippen LogP contribution in [0.15, 0.2) is 60.7 Å². The van der Waals surface area contributed by atoms with Crippen LogP contribution in [0.2, 0.25) is 10.0 Å². The third kappa shape index (κ3) is 6.36. The van der Waals surface area contributed by atoms with Gasteiger partial charge < -0.3 is 20.3 Å². The fourth-order valence-corrected chi connectivity index (χ4v) is 5.92. The van der Waals surface area contributed by atoms with Gasteiger partial charge in [0.25, 0.3) is 11.8 Å². The molecule has 0 aromatic heterocycles. The lowest BCUT2D eigenvalue weighted by Crippen LogP contribution is -2.43. The van der Waals surface area contributed by atoms with Gasteiger partial charge in [0.05, 0.1) is 24.5 Å². The van der Waals surface area contributed by atoms with E-state index in [1.165, 1.54) is 0 Å². The maximum absolute atomic E-state index is 14.5. The third-order valence-corrected chi connectivity index (χ3v) is 8.30. The topological polar surface area (TPSA) is 79.1 Å². The van der Waals surface area contributed by atoms with Crippen molar-refractivity contribution < 1.29 is 14.3 Å². The van der Waals surface area contributed by atoms with E-state index in [0.717, 1.165) is 42.8 Å². The molecule has 2 N–H and O–H groups in total. The Morgan fingerprint density at radius 3 is 2.36 bits per heavy atom. The minimum absolute atomic E-state index is 0.146. The average Bonchev–Trinajstić information content (AvgIpc) is 3.00. The first-order valence-corrected chi connectivity index (χ1v) is 14.7. The summed E-state index contributed by atoms with van der Waals surface area (Å²) in [7, 11) is 0. The Balaban J connectivity index is 1.56. The molecule has 2 aliphatic heterocycles. The second-order valence-corrected chi connectivity index (χ2v) is 11.8. The van der Waals surface area contributed by atoms with Gasteiger partial charge in [-0.1, -0.05) is 41.4 Å². The highest BCUT2D eigenvalue weighted by Gasteiger charge is 2.40. The fraction of sp³-hybridized carbons (Fsp3) is 0.310. The van der Waals surface area contributed by atoms with Crippen LogP contribution in [-0.4, -0.2) is 61.0 Å². The van der Waals surface area contributed by atoms with Crippen LogP contribution in [0.25, 0.3) is 0 Å². The lowest BCUT2D eigenvalue weighted by atomic mass is 10.0. The summed E-state index contributed by atoms with van der Waals surface area (Å²) < 4.78 is 6.38. The van der Waals surface area contributed by atoms with Gasteiger partial charge in [-0.2, -0.15) is 0 Å². The summed E-state index contributed by atoms with van der Waals surface area (Å²) in [5.41, 5.74) is 9.28. The number of nitrogens with zero attached hydrogens (tertiary/aromatic N) is 3. The lowest BCUT2D eigenvalue weighted by Gasteiger charge is -2.32. The number of nitrogens with two attached hydrogens (primary N) is 1. The number of nitrogen functional groups attached to an aromatic ring is 1. The molecule has 2 amide bonds. The van der Waals surface area contributed by atoms with Crippen LogP contribution in [0.1, 0.15) is 33.9 Å².